The van der Waals surface area contributed by atoms with Gasteiger partial charge in [0.05, 0.1) is 5.92 Å². The number of carbonyl (C=O) groups excluding carboxylic acids is 1. The van der Waals surface area contributed by atoms with Gasteiger partial charge in [0.25, 0.3) is 0 Å². The molecule has 1 aliphatic heterocycles. The van der Waals surface area contributed by atoms with E-state index in [-0.39, 0.29) is 29.1 Å². The van der Waals surface area contributed by atoms with Gasteiger partial charge in [0.1, 0.15) is 0 Å². The van der Waals surface area contributed by atoms with E-state index >= 15 is 0 Å². The summed E-state index contributed by atoms with van der Waals surface area (Å²) in [6.45, 7) is 7.07. The van der Waals surface area contributed by atoms with Crippen molar-refractivity contribution in [2.75, 3.05) is 13.1 Å². The van der Waals surface area contributed by atoms with Crippen molar-refractivity contribution in [1.82, 2.24) is 4.90 Å². The second-order valence-corrected chi connectivity index (χ2v) is 5.91. The second-order valence-electron chi connectivity index (χ2n) is 5.91. The lowest BCUT2D eigenvalue weighted by Gasteiger charge is -2.16. The van der Waals surface area contributed by atoms with Crippen molar-refractivity contribution in [2.45, 2.75) is 27.2 Å². The second kappa shape index (κ2) is 3.47. The molecule has 1 saturated heterocycles. The Labute approximate surface area is 95.6 Å². The van der Waals surface area contributed by atoms with E-state index < -0.39 is 5.97 Å². The summed E-state index contributed by atoms with van der Waals surface area (Å²) in [6.07, 6.45) is 0.939. The number of hydrogen-bond acceptors (Lipinski definition) is 2. The van der Waals surface area contributed by atoms with E-state index in [0.29, 0.717) is 13.1 Å². The maximum atomic E-state index is 12.1. The van der Waals surface area contributed by atoms with Gasteiger partial charge >= 0.3 is 5.97 Å². The fourth-order valence-corrected chi connectivity index (χ4v) is 2.58. The van der Waals surface area contributed by atoms with E-state index in [1.807, 2.05) is 6.92 Å². The molecule has 2 fully saturated rings. The molecule has 0 unspecified atom stereocenters. The number of carboxylic acid groups (broad SMARTS) is 1. The van der Waals surface area contributed by atoms with E-state index in [1.54, 1.807) is 4.90 Å². The predicted octanol–water partition coefficient (Wildman–Crippen LogP) is 1.21. The third kappa shape index (κ3) is 1.81. The van der Waals surface area contributed by atoms with Crippen LogP contribution in [0.3, 0.4) is 0 Å². The van der Waals surface area contributed by atoms with Gasteiger partial charge in [-0.2, -0.15) is 0 Å². The molecule has 1 heterocycles. The summed E-state index contributed by atoms with van der Waals surface area (Å²) in [5.41, 5.74) is 0.127. The van der Waals surface area contributed by atoms with Crippen LogP contribution in [0.4, 0.5) is 0 Å². The van der Waals surface area contributed by atoms with Gasteiger partial charge in [-0.3, -0.25) is 9.59 Å². The molecular weight excluding hydrogens is 206 g/mol. The van der Waals surface area contributed by atoms with Crippen LogP contribution in [0, 0.1) is 23.2 Å². The number of amides is 1. The number of likely N-dealkylation sites (tertiary alicyclic amines) is 1. The standard InChI is InChI=1S/C12H19NO3/c1-7-5-13(6-8(7)11(15)16)10(14)9-4-12(9,2)3/h7-9H,4-6H2,1-3H3,(H,15,16)/t7-,8-,9-/m1/s1. The van der Waals surface area contributed by atoms with Crippen molar-refractivity contribution in [2.24, 2.45) is 23.2 Å². The molecule has 4 heteroatoms. The van der Waals surface area contributed by atoms with Crippen molar-refractivity contribution in [3.8, 4) is 0 Å². The van der Waals surface area contributed by atoms with Crippen molar-refractivity contribution >= 4 is 11.9 Å². The molecule has 1 amide bonds. The SMILES string of the molecule is C[C@@H]1CN(C(=O)[C@H]2CC2(C)C)C[C@H]1C(=O)O. The first-order chi connectivity index (χ1) is 7.33. The Morgan fingerprint density at radius 2 is 1.88 bits per heavy atom. The predicted molar refractivity (Wildman–Crippen MR) is 58.8 cm³/mol. The fraction of sp³-hybridized carbons (Fsp3) is 0.833. The molecule has 3 atom stereocenters. The average Bonchev–Trinajstić information content (AvgIpc) is 2.62. The first-order valence-corrected chi connectivity index (χ1v) is 5.84. The fourth-order valence-electron chi connectivity index (χ4n) is 2.58. The number of hydrogen-bond donors (Lipinski definition) is 1. The molecule has 1 aliphatic carbocycles. The minimum atomic E-state index is -0.780. The highest BCUT2D eigenvalue weighted by Crippen LogP contribution is 2.52. The van der Waals surface area contributed by atoms with Crippen LogP contribution in [0.1, 0.15) is 27.2 Å². The zero-order chi connectivity index (χ0) is 12.1. The third-order valence-corrected chi connectivity index (χ3v) is 4.05. The van der Waals surface area contributed by atoms with Crippen LogP contribution in [0.15, 0.2) is 0 Å². The van der Waals surface area contributed by atoms with Gasteiger partial charge in [-0.25, -0.2) is 0 Å². The monoisotopic (exact) mass is 225 g/mol. The minimum absolute atomic E-state index is 0.0725. The lowest BCUT2D eigenvalue weighted by atomic mass is 9.99. The molecule has 2 aliphatic rings. The van der Waals surface area contributed by atoms with Gasteiger partial charge in [0.15, 0.2) is 0 Å². The average molecular weight is 225 g/mol. The molecule has 1 N–H and O–H groups in total. The molecular formula is C12H19NO3. The van der Waals surface area contributed by atoms with E-state index in [0.717, 1.165) is 6.42 Å². The molecule has 1 saturated carbocycles. The van der Waals surface area contributed by atoms with Crippen LogP contribution < -0.4 is 0 Å². The van der Waals surface area contributed by atoms with E-state index in [1.165, 1.54) is 0 Å². The molecule has 0 aromatic rings. The van der Waals surface area contributed by atoms with Gasteiger partial charge in [0.2, 0.25) is 5.91 Å². The van der Waals surface area contributed by atoms with Crippen LogP contribution in [0.2, 0.25) is 0 Å². The normalized spacial score (nSPS) is 36.2. The maximum Gasteiger partial charge on any atom is 0.308 e. The molecule has 0 bridgehead atoms. The number of rotatable bonds is 2. The van der Waals surface area contributed by atoms with Crippen molar-refractivity contribution < 1.29 is 14.7 Å². The highest BCUT2D eigenvalue weighted by molar-refractivity contribution is 5.84. The van der Waals surface area contributed by atoms with Gasteiger partial charge < -0.3 is 10.0 Å². The molecule has 4 nitrogen and oxygen atoms in total. The Hall–Kier alpha value is -1.06. The van der Waals surface area contributed by atoms with Crippen LogP contribution in [0.25, 0.3) is 0 Å². The van der Waals surface area contributed by atoms with Gasteiger partial charge in [-0.15, -0.1) is 0 Å². The Balaban J connectivity index is 1.98. The van der Waals surface area contributed by atoms with Crippen molar-refractivity contribution in [1.29, 1.82) is 0 Å². The first kappa shape index (κ1) is 11.4. The third-order valence-electron chi connectivity index (χ3n) is 4.05. The Bertz CT molecular complexity index is 337. The summed E-state index contributed by atoms with van der Waals surface area (Å²) < 4.78 is 0. The van der Waals surface area contributed by atoms with Crippen molar-refractivity contribution in [3.05, 3.63) is 0 Å². The molecule has 90 valence electrons. The quantitative estimate of drug-likeness (QED) is 0.768. The lowest BCUT2D eigenvalue weighted by Crippen LogP contribution is -2.32. The van der Waals surface area contributed by atoms with E-state index in [4.69, 9.17) is 5.11 Å². The van der Waals surface area contributed by atoms with E-state index in [9.17, 15) is 9.59 Å². The lowest BCUT2D eigenvalue weighted by molar-refractivity contribution is -0.142. The van der Waals surface area contributed by atoms with Crippen LogP contribution >= 0.6 is 0 Å². The highest BCUT2D eigenvalue weighted by atomic mass is 16.4. The topological polar surface area (TPSA) is 57.6 Å². The number of aliphatic carboxylic acids is 1. The van der Waals surface area contributed by atoms with E-state index in [2.05, 4.69) is 13.8 Å². The number of nitrogens with zero attached hydrogens (tertiary/aromatic N) is 1. The van der Waals surface area contributed by atoms with Crippen LogP contribution in [-0.2, 0) is 9.59 Å². The van der Waals surface area contributed by atoms with Gasteiger partial charge in [0, 0.05) is 19.0 Å². The maximum absolute atomic E-state index is 12.1. The molecule has 0 aromatic heterocycles. The molecule has 0 radical (unpaired) electrons. The molecule has 0 aromatic carbocycles. The van der Waals surface area contributed by atoms with Crippen molar-refractivity contribution in [3.63, 3.8) is 0 Å². The largest absolute Gasteiger partial charge is 0.481 e. The summed E-state index contributed by atoms with van der Waals surface area (Å²) in [5.74, 6) is -0.820. The smallest absolute Gasteiger partial charge is 0.308 e. The Morgan fingerprint density at radius 1 is 1.31 bits per heavy atom. The minimum Gasteiger partial charge on any atom is -0.481 e. The number of carbonyl (C=O) groups is 2. The summed E-state index contributed by atoms with van der Waals surface area (Å²) in [7, 11) is 0. The van der Waals surface area contributed by atoms with Gasteiger partial charge in [-0.1, -0.05) is 20.8 Å². The molecule has 0 spiro atoms. The zero-order valence-corrected chi connectivity index (χ0v) is 10.1. The Kier molecular flexibility index (Phi) is 2.48. The Morgan fingerprint density at radius 3 is 2.25 bits per heavy atom. The van der Waals surface area contributed by atoms with Gasteiger partial charge in [-0.05, 0) is 17.8 Å². The molecule has 16 heavy (non-hydrogen) atoms. The van der Waals surface area contributed by atoms with Crippen LogP contribution in [0.5, 0.6) is 0 Å². The first-order valence-electron chi connectivity index (χ1n) is 5.84. The summed E-state index contributed by atoms with van der Waals surface area (Å²) in [5, 5.41) is 9.00. The highest BCUT2D eigenvalue weighted by Gasteiger charge is 2.53. The summed E-state index contributed by atoms with van der Waals surface area (Å²) >= 11 is 0. The summed E-state index contributed by atoms with van der Waals surface area (Å²) in [6, 6.07) is 0. The summed E-state index contributed by atoms with van der Waals surface area (Å²) in [4.78, 5) is 24.8. The zero-order valence-electron chi connectivity index (χ0n) is 10.1. The van der Waals surface area contributed by atoms with Crippen LogP contribution in [-0.4, -0.2) is 35.0 Å². The molecule has 2 rings (SSSR count). The number of carboxylic acids is 1.